The van der Waals surface area contributed by atoms with Crippen LogP contribution >= 0.6 is 24.0 Å². The van der Waals surface area contributed by atoms with Crippen LogP contribution in [0.15, 0.2) is 4.99 Å². The summed E-state index contributed by atoms with van der Waals surface area (Å²) in [5.41, 5.74) is -0.436. The number of piperidine rings is 1. The van der Waals surface area contributed by atoms with Crippen molar-refractivity contribution < 1.29 is 14.3 Å². The molecule has 1 N–H and O–H groups in total. The van der Waals surface area contributed by atoms with Gasteiger partial charge in [0.25, 0.3) is 0 Å². The molecular formula is C20H39IN4O3. The summed E-state index contributed by atoms with van der Waals surface area (Å²) < 4.78 is 10.8. The summed E-state index contributed by atoms with van der Waals surface area (Å²) in [6, 6.07) is 0. The van der Waals surface area contributed by atoms with Crippen molar-refractivity contribution in [2.24, 2.45) is 16.8 Å². The Balaban J connectivity index is 0.00000392. The van der Waals surface area contributed by atoms with Crippen LogP contribution in [0.25, 0.3) is 0 Å². The highest BCUT2D eigenvalue weighted by atomic mass is 127. The number of nitrogens with one attached hydrogen (secondary N) is 1. The summed E-state index contributed by atoms with van der Waals surface area (Å²) in [5, 5.41) is 3.50. The average molecular weight is 510 g/mol. The van der Waals surface area contributed by atoms with Crippen LogP contribution in [0, 0.1) is 11.8 Å². The smallest absolute Gasteiger partial charge is 0.410 e. The van der Waals surface area contributed by atoms with Crippen molar-refractivity contribution in [2.45, 2.75) is 52.1 Å². The molecule has 0 aliphatic carbocycles. The van der Waals surface area contributed by atoms with Crippen LogP contribution in [0.5, 0.6) is 0 Å². The van der Waals surface area contributed by atoms with E-state index >= 15 is 0 Å². The number of amides is 1. The van der Waals surface area contributed by atoms with E-state index in [2.05, 4.69) is 15.2 Å². The predicted octanol–water partition coefficient (Wildman–Crippen LogP) is 3.19. The van der Waals surface area contributed by atoms with Crippen LogP contribution in [0.3, 0.4) is 0 Å². The number of carbonyl (C=O) groups excluding carboxylic acids is 1. The fourth-order valence-corrected chi connectivity index (χ4v) is 3.91. The second kappa shape index (κ2) is 12.0. The lowest BCUT2D eigenvalue weighted by Gasteiger charge is -2.34. The molecule has 164 valence electrons. The molecule has 8 heteroatoms. The van der Waals surface area contributed by atoms with Crippen LogP contribution in [0.4, 0.5) is 4.79 Å². The molecule has 7 nitrogen and oxygen atoms in total. The molecule has 0 radical (unpaired) electrons. The molecule has 2 saturated heterocycles. The van der Waals surface area contributed by atoms with Crippen LogP contribution in [0.1, 0.15) is 46.5 Å². The van der Waals surface area contributed by atoms with Crippen LogP contribution in [-0.4, -0.2) is 80.9 Å². The number of guanidine groups is 1. The number of carbonyl (C=O) groups is 1. The van der Waals surface area contributed by atoms with Gasteiger partial charge in [-0.2, -0.15) is 0 Å². The zero-order chi connectivity index (χ0) is 19.9. The molecule has 1 amide bonds. The maximum absolute atomic E-state index is 12.3. The molecule has 28 heavy (non-hydrogen) atoms. The fraction of sp³-hybridized carbons (Fsp3) is 0.900. The number of likely N-dealkylation sites (tertiary alicyclic amines) is 2. The molecule has 2 atom stereocenters. The second-order valence-electron chi connectivity index (χ2n) is 8.75. The van der Waals surface area contributed by atoms with Gasteiger partial charge < -0.3 is 24.6 Å². The molecule has 0 aromatic rings. The number of halogens is 1. The Morgan fingerprint density at radius 2 is 1.86 bits per heavy atom. The summed E-state index contributed by atoms with van der Waals surface area (Å²) in [5.74, 6) is 2.08. The van der Waals surface area contributed by atoms with Crippen LogP contribution in [0.2, 0.25) is 0 Å². The van der Waals surface area contributed by atoms with Gasteiger partial charge in [-0.3, -0.25) is 4.99 Å². The predicted molar refractivity (Wildman–Crippen MR) is 123 cm³/mol. The molecule has 0 bridgehead atoms. The first-order valence-electron chi connectivity index (χ1n) is 10.2. The van der Waals surface area contributed by atoms with E-state index in [1.54, 1.807) is 7.11 Å². The quantitative estimate of drug-likeness (QED) is 0.350. The third-order valence-corrected chi connectivity index (χ3v) is 5.21. The van der Waals surface area contributed by atoms with E-state index in [4.69, 9.17) is 9.47 Å². The van der Waals surface area contributed by atoms with Crippen molar-refractivity contribution >= 4 is 36.0 Å². The lowest BCUT2D eigenvalue weighted by Crippen LogP contribution is -2.44. The Bertz CT molecular complexity index is 510. The highest BCUT2D eigenvalue weighted by Gasteiger charge is 2.28. The van der Waals surface area contributed by atoms with Gasteiger partial charge in [0.1, 0.15) is 5.60 Å². The minimum atomic E-state index is -0.436. The molecule has 0 aromatic heterocycles. The normalized spacial score (nSPS) is 23.4. The van der Waals surface area contributed by atoms with Gasteiger partial charge in [0.15, 0.2) is 5.96 Å². The number of aliphatic imine (C=N–C) groups is 1. The van der Waals surface area contributed by atoms with Gasteiger partial charge >= 0.3 is 6.09 Å². The summed E-state index contributed by atoms with van der Waals surface area (Å²) >= 11 is 0. The summed E-state index contributed by atoms with van der Waals surface area (Å²) in [4.78, 5) is 20.9. The Morgan fingerprint density at radius 3 is 2.50 bits per heavy atom. The highest BCUT2D eigenvalue weighted by molar-refractivity contribution is 14.0. The van der Waals surface area contributed by atoms with Gasteiger partial charge in [0.2, 0.25) is 0 Å². The van der Waals surface area contributed by atoms with Gasteiger partial charge in [-0.15, -0.1) is 24.0 Å². The Kier molecular flexibility index (Phi) is 10.9. The number of ether oxygens (including phenoxy) is 2. The molecule has 2 rings (SSSR count). The zero-order valence-electron chi connectivity index (χ0n) is 18.2. The highest BCUT2D eigenvalue weighted by Crippen LogP contribution is 2.22. The van der Waals surface area contributed by atoms with E-state index in [1.807, 2.05) is 32.7 Å². The fourth-order valence-electron chi connectivity index (χ4n) is 3.91. The molecule has 2 aliphatic heterocycles. The van der Waals surface area contributed by atoms with Gasteiger partial charge in [0.05, 0.1) is 6.61 Å². The van der Waals surface area contributed by atoms with Gasteiger partial charge in [-0.25, -0.2) is 4.79 Å². The largest absolute Gasteiger partial charge is 0.444 e. The van der Waals surface area contributed by atoms with Crippen LogP contribution in [-0.2, 0) is 9.47 Å². The van der Waals surface area contributed by atoms with Crippen molar-refractivity contribution in [1.82, 2.24) is 15.1 Å². The molecule has 0 aromatic carbocycles. The van der Waals surface area contributed by atoms with Crippen molar-refractivity contribution in [3.05, 3.63) is 0 Å². The molecule has 0 spiro atoms. The van der Waals surface area contributed by atoms with Gasteiger partial charge in [0, 0.05) is 52.8 Å². The minimum Gasteiger partial charge on any atom is -0.444 e. The standard InChI is InChI=1S/C20H38N4O3.HI/c1-20(2,3)27-19(25)24-11-6-7-16(13-24)8-10-22-18(21-4)23-12-9-17(14-23)15-26-5;/h16-17H,6-15H2,1-5H3,(H,21,22);1H. The maximum Gasteiger partial charge on any atom is 0.410 e. The number of methoxy groups -OCH3 is 1. The Hall–Kier alpha value is -0.770. The SMILES string of the molecule is CN=C(NCCC1CCCN(C(=O)OC(C)(C)C)C1)N1CCC(COC)C1.I. The first kappa shape index (κ1) is 25.3. The molecule has 2 aliphatic rings. The first-order chi connectivity index (χ1) is 12.8. The lowest BCUT2D eigenvalue weighted by atomic mass is 9.95. The number of nitrogens with zero attached hydrogens (tertiary/aromatic N) is 3. The second-order valence-corrected chi connectivity index (χ2v) is 8.75. The van der Waals surface area contributed by atoms with E-state index in [9.17, 15) is 4.79 Å². The Labute approximate surface area is 187 Å². The van der Waals surface area contributed by atoms with Crippen molar-refractivity contribution in [2.75, 3.05) is 53.5 Å². The monoisotopic (exact) mass is 510 g/mol. The topological polar surface area (TPSA) is 66.4 Å². The summed E-state index contributed by atoms with van der Waals surface area (Å²) in [6.45, 7) is 11.1. The van der Waals surface area contributed by atoms with E-state index in [0.29, 0.717) is 11.8 Å². The average Bonchev–Trinajstić information content (AvgIpc) is 3.06. The first-order valence-corrected chi connectivity index (χ1v) is 10.2. The van der Waals surface area contributed by atoms with E-state index in [1.165, 1.54) is 6.42 Å². The number of rotatable bonds is 5. The Morgan fingerprint density at radius 1 is 1.14 bits per heavy atom. The molecule has 2 unspecified atom stereocenters. The van der Waals surface area contributed by atoms with Crippen LogP contribution < -0.4 is 5.32 Å². The summed E-state index contributed by atoms with van der Waals surface area (Å²) in [7, 11) is 3.61. The minimum absolute atomic E-state index is 0. The third kappa shape index (κ3) is 8.31. The molecule has 2 heterocycles. The third-order valence-electron chi connectivity index (χ3n) is 5.21. The summed E-state index contributed by atoms with van der Waals surface area (Å²) in [6.07, 6.45) is 4.22. The van der Waals surface area contributed by atoms with Gasteiger partial charge in [-0.1, -0.05) is 0 Å². The van der Waals surface area contributed by atoms with Crippen molar-refractivity contribution in [3.8, 4) is 0 Å². The zero-order valence-corrected chi connectivity index (χ0v) is 20.5. The van der Waals surface area contributed by atoms with Gasteiger partial charge in [-0.05, 0) is 52.4 Å². The lowest BCUT2D eigenvalue weighted by molar-refractivity contribution is 0.0162. The van der Waals surface area contributed by atoms with Crippen molar-refractivity contribution in [1.29, 1.82) is 0 Å². The van der Waals surface area contributed by atoms with E-state index in [-0.39, 0.29) is 30.1 Å². The number of hydrogen-bond acceptors (Lipinski definition) is 4. The van der Waals surface area contributed by atoms with E-state index in [0.717, 1.165) is 64.6 Å². The number of hydrogen-bond donors (Lipinski definition) is 1. The molecule has 0 saturated carbocycles. The molecule has 2 fully saturated rings. The maximum atomic E-state index is 12.3. The van der Waals surface area contributed by atoms with E-state index < -0.39 is 5.60 Å². The molecular weight excluding hydrogens is 471 g/mol. The van der Waals surface area contributed by atoms with Crippen molar-refractivity contribution in [3.63, 3.8) is 0 Å².